The number of benzene rings is 2. The third-order valence-corrected chi connectivity index (χ3v) is 4.21. The van der Waals surface area contributed by atoms with E-state index < -0.39 is 5.97 Å². The summed E-state index contributed by atoms with van der Waals surface area (Å²) in [6, 6.07) is 8.25. The van der Waals surface area contributed by atoms with Crippen LogP contribution in [0.5, 0.6) is 5.75 Å². The highest BCUT2D eigenvalue weighted by molar-refractivity contribution is 6.32. The summed E-state index contributed by atoms with van der Waals surface area (Å²) >= 11 is 6.09. The number of carbonyl (C=O) groups is 2. The van der Waals surface area contributed by atoms with Gasteiger partial charge in [0.1, 0.15) is 5.75 Å². The lowest BCUT2D eigenvalue weighted by atomic mass is 10.1. The number of carboxylic acids is 1. The largest absolute Gasteiger partial charge is 0.484 e. The Labute approximate surface area is 145 Å². The van der Waals surface area contributed by atoms with Crippen LogP contribution < -0.4 is 10.1 Å². The molecule has 0 bridgehead atoms. The molecule has 6 heteroatoms. The number of nitrogens with one attached hydrogen (secondary N) is 1. The lowest BCUT2D eigenvalue weighted by Crippen LogP contribution is -2.21. The average Bonchev–Trinajstić information content (AvgIpc) is 2.52. The second-order valence-corrected chi connectivity index (χ2v) is 5.87. The predicted molar refractivity (Wildman–Crippen MR) is 93.2 cm³/mol. The molecule has 2 aromatic carbocycles. The van der Waals surface area contributed by atoms with Gasteiger partial charge in [-0.25, -0.2) is 4.79 Å². The van der Waals surface area contributed by atoms with Crippen LogP contribution in [-0.4, -0.2) is 23.6 Å². The van der Waals surface area contributed by atoms with Gasteiger partial charge in [0.25, 0.3) is 5.91 Å². The Bertz CT molecular complexity index is 779. The number of carbonyl (C=O) groups excluding carboxylic acids is 1. The molecule has 5 nitrogen and oxygen atoms in total. The van der Waals surface area contributed by atoms with Crippen molar-refractivity contribution in [2.24, 2.45) is 0 Å². The van der Waals surface area contributed by atoms with Gasteiger partial charge in [-0.3, -0.25) is 4.79 Å². The molecule has 24 heavy (non-hydrogen) atoms. The fourth-order valence-electron chi connectivity index (χ4n) is 2.33. The molecule has 126 valence electrons. The van der Waals surface area contributed by atoms with Crippen LogP contribution in [0.2, 0.25) is 5.02 Å². The molecule has 0 aliphatic carbocycles. The summed E-state index contributed by atoms with van der Waals surface area (Å²) in [5.41, 5.74) is 2.84. The van der Waals surface area contributed by atoms with Crippen LogP contribution >= 0.6 is 11.6 Å². The number of anilines is 1. The fourth-order valence-corrected chi connectivity index (χ4v) is 2.44. The lowest BCUT2D eigenvalue weighted by molar-refractivity contribution is -0.118. The van der Waals surface area contributed by atoms with Gasteiger partial charge in [0, 0.05) is 10.7 Å². The van der Waals surface area contributed by atoms with Crippen LogP contribution in [0.3, 0.4) is 0 Å². The summed E-state index contributed by atoms with van der Waals surface area (Å²) in [6.07, 6.45) is 0. The first-order valence-corrected chi connectivity index (χ1v) is 7.69. The van der Waals surface area contributed by atoms with E-state index in [1.807, 2.05) is 13.8 Å². The average molecular weight is 348 g/mol. The topological polar surface area (TPSA) is 75.6 Å². The first-order valence-electron chi connectivity index (χ1n) is 7.32. The number of amides is 1. The standard InChI is InChI=1S/C18H18ClNO4/c1-10-7-13(8-11(2)17(10)19)24-9-16(21)20-15-6-4-5-14(12(15)3)18(22)23/h4-8H,9H2,1-3H3,(H,20,21)(H,22,23). The van der Waals surface area contributed by atoms with Crippen LogP contribution in [0.15, 0.2) is 30.3 Å². The van der Waals surface area contributed by atoms with Gasteiger partial charge in [0.2, 0.25) is 0 Å². The maximum atomic E-state index is 12.0. The van der Waals surface area contributed by atoms with Crippen LogP contribution in [0.4, 0.5) is 5.69 Å². The SMILES string of the molecule is Cc1cc(OCC(=O)Nc2cccc(C(=O)O)c2C)cc(C)c1Cl. The molecule has 2 aromatic rings. The number of hydrogen-bond acceptors (Lipinski definition) is 3. The zero-order valence-corrected chi connectivity index (χ0v) is 14.4. The van der Waals surface area contributed by atoms with E-state index in [4.69, 9.17) is 21.4 Å². The minimum atomic E-state index is -1.04. The van der Waals surface area contributed by atoms with E-state index in [9.17, 15) is 9.59 Å². The Morgan fingerprint density at radius 1 is 1.17 bits per heavy atom. The summed E-state index contributed by atoms with van der Waals surface area (Å²) < 4.78 is 5.49. The predicted octanol–water partition coefficient (Wildman–Crippen LogP) is 3.98. The van der Waals surface area contributed by atoms with E-state index in [0.717, 1.165) is 11.1 Å². The van der Waals surface area contributed by atoms with Gasteiger partial charge in [0.15, 0.2) is 6.61 Å². The van der Waals surface area contributed by atoms with E-state index in [0.29, 0.717) is 22.0 Å². The first-order chi connectivity index (χ1) is 11.3. The summed E-state index contributed by atoms with van der Waals surface area (Å²) in [5.74, 6) is -0.849. The number of rotatable bonds is 5. The van der Waals surface area contributed by atoms with Gasteiger partial charge in [-0.05, 0) is 61.7 Å². The van der Waals surface area contributed by atoms with Crippen LogP contribution in [-0.2, 0) is 4.79 Å². The Morgan fingerprint density at radius 3 is 2.38 bits per heavy atom. The minimum Gasteiger partial charge on any atom is -0.484 e. The smallest absolute Gasteiger partial charge is 0.336 e. The van der Waals surface area contributed by atoms with Crippen molar-refractivity contribution < 1.29 is 19.4 Å². The van der Waals surface area contributed by atoms with Crippen molar-refractivity contribution in [3.63, 3.8) is 0 Å². The minimum absolute atomic E-state index is 0.151. The lowest BCUT2D eigenvalue weighted by Gasteiger charge is -2.12. The highest BCUT2D eigenvalue weighted by atomic mass is 35.5. The first kappa shape index (κ1) is 17.8. The summed E-state index contributed by atoms with van der Waals surface area (Å²) in [4.78, 5) is 23.2. The van der Waals surface area contributed by atoms with E-state index in [1.165, 1.54) is 6.07 Å². The molecule has 0 radical (unpaired) electrons. The van der Waals surface area contributed by atoms with Gasteiger partial charge in [-0.2, -0.15) is 0 Å². The van der Waals surface area contributed by atoms with Gasteiger partial charge in [0.05, 0.1) is 5.56 Å². The van der Waals surface area contributed by atoms with Crippen molar-refractivity contribution in [2.75, 3.05) is 11.9 Å². The molecular formula is C18H18ClNO4. The van der Waals surface area contributed by atoms with Gasteiger partial charge in [-0.1, -0.05) is 17.7 Å². The fraction of sp³-hybridized carbons (Fsp3) is 0.222. The maximum Gasteiger partial charge on any atom is 0.336 e. The summed E-state index contributed by atoms with van der Waals surface area (Å²) in [5, 5.41) is 12.4. The van der Waals surface area contributed by atoms with Gasteiger partial charge >= 0.3 is 5.97 Å². The molecule has 0 spiro atoms. The summed E-state index contributed by atoms with van der Waals surface area (Å²) in [7, 11) is 0. The molecule has 0 aliphatic rings. The molecule has 0 aliphatic heterocycles. The second kappa shape index (κ2) is 7.36. The molecule has 0 unspecified atom stereocenters. The molecule has 2 N–H and O–H groups in total. The second-order valence-electron chi connectivity index (χ2n) is 5.49. The Kier molecular flexibility index (Phi) is 5.46. The van der Waals surface area contributed by atoms with E-state index in [-0.39, 0.29) is 18.1 Å². The van der Waals surface area contributed by atoms with Crippen molar-refractivity contribution in [2.45, 2.75) is 20.8 Å². The Morgan fingerprint density at radius 2 is 1.79 bits per heavy atom. The van der Waals surface area contributed by atoms with E-state index >= 15 is 0 Å². The van der Waals surface area contributed by atoms with Crippen molar-refractivity contribution in [1.29, 1.82) is 0 Å². The van der Waals surface area contributed by atoms with Crippen LogP contribution in [0.25, 0.3) is 0 Å². The van der Waals surface area contributed by atoms with Crippen LogP contribution in [0.1, 0.15) is 27.0 Å². The molecular weight excluding hydrogens is 330 g/mol. The molecule has 0 saturated carbocycles. The molecule has 0 fully saturated rings. The van der Waals surface area contributed by atoms with E-state index in [1.54, 1.807) is 31.2 Å². The van der Waals surface area contributed by atoms with Crippen molar-refractivity contribution in [1.82, 2.24) is 0 Å². The molecule has 2 rings (SSSR count). The summed E-state index contributed by atoms with van der Waals surface area (Å²) in [6.45, 7) is 5.19. The highest BCUT2D eigenvalue weighted by Crippen LogP contribution is 2.26. The number of aryl methyl sites for hydroxylation is 2. The van der Waals surface area contributed by atoms with Gasteiger partial charge < -0.3 is 15.2 Å². The van der Waals surface area contributed by atoms with Crippen molar-refractivity contribution >= 4 is 29.2 Å². The molecule has 1 amide bonds. The Balaban J connectivity index is 2.04. The zero-order valence-electron chi connectivity index (χ0n) is 13.6. The third kappa shape index (κ3) is 4.06. The third-order valence-electron chi connectivity index (χ3n) is 3.62. The van der Waals surface area contributed by atoms with Crippen LogP contribution in [0, 0.1) is 20.8 Å². The number of ether oxygens (including phenoxy) is 1. The molecule has 0 aromatic heterocycles. The quantitative estimate of drug-likeness (QED) is 0.857. The number of hydrogen-bond donors (Lipinski definition) is 2. The number of aromatic carboxylic acids is 1. The van der Waals surface area contributed by atoms with Crippen molar-refractivity contribution in [3.05, 3.63) is 57.6 Å². The van der Waals surface area contributed by atoms with Crippen molar-refractivity contribution in [3.8, 4) is 5.75 Å². The number of carboxylic acid groups (broad SMARTS) is 1. The monoisotopic (exact) mass is 347 g/mol. The zero-order chi connectivity index (χ0) is 17.9. The molecule has 0 atom stereocenters. The Hall–Kier alpha value is -2.53. The molecule has 0 heterocycles. The highest BCUT2D eigenvalue weighted by Gasteiger charge is 2.12. The number of halogens is 1. The maximum absolute atomic E-state index is 12.0. The van der Waals surface area contributed by atoms with E-state index in [2.05, 4.69) is 5.32 Å². The molecule has 0 saturated heterocycles. The van der Waals surface area contributed by atoms with Gasteiger partial charge in [-0.15, -0.1) is 0 Å². The normalized spacial score (nSPS) is 10.3.